The number of amides is 1. The molecule has 2 aromatic carbocycles. The molecule has 1 N–H and O–H groups in total. The second kappa shape index (κ2) is 9.67. The van der Waals surface area contributed by atoms with Crippen molar-refractivity contribution in [2.45, 2.75) is 49.5 Å². The van der Waals surface area contributed by atoms with Crippen LogP contribution >= 0.6 is 0 Å². The van der Waals surface area contributed by atoms with Crippen LogP contribution in [0.4, 0.5) is 5.69 Å². The van der Waals surface area contributed by atoms with Gasteiger partial charge in [-0.2, -0.15) is 4.31 Å². The van der Waals surface area contributed by atoms with Gasteiger partial charge >= 0.3 is 0 Å². The van der Waals surface area contributed by atoms with E-state index < -0.39 is 10.0 Å². The van der Waals surface area contributed by atoms with Gasteiger partial charge in [0.15, 0.2) is 0 Å². The van der Waals surface area contributed by atoms with Gasteiger partial charge in [-0.05, 0) is 49.2 Å². The van der Waals surface area contributed by atoms with Crippen LogP contribution in [-0.2, 0) is 21.2 Å². The van der Waals surface area contributed by atoms with E-state index in [1.54, 1.807) is 19.2 Å². The predicted octanol–water partition coefficient (Wildman–Crippen LogP) is 4.48. The highest BCUT2D eigenvalue weighted by Gasteiger charge is 2.28. The highest BCUT2D eigenvalue weighted by Crippen LogP contribution is 2.27. The molecule has 1 saturated carbocycles. The van der Waals surface area contributed by atoms with Crippen LogP contribution in [0.5, 0.6) is 0 Å². The smallest absolute Gasteiger partial charge is 0.243 e. The average Bonchev–Trinajstić information content (AvgIpc) is 3.28. The molecule has 32 heavy (non-hydrogen) atoms. The molecule has 0 bridgehead atoms. The number of sulfonamides is 1. The average molecular weight is 454 g/mol. The number of nitrogens with one attached hydrogen (secondary N) is 1. The highest BCUT2D eigenvalue weighted by molar-refractivity contribution is 7.89. The minimum absolute atomic E-state index is 0.0522. The molecular formula is C24H27N3O4S. The molecule has 1 fully saturated rings. The first-order chi connectivity index (χ1) is 15.4. The molecule has 1 amide bonds. The third-order valence-electron chi connectivity index (χ3n) is 5.82. The highest BCUT2D eigenvalue weighted by atomic mass is 32.2. The third kappa shape index (κ3) is 5.08. The van der Waals surface area contributed by atoms with Crippen LogP contribution in [0.25, 0.3) is 11.5 Å². The maximum absolute atomic E-state index is 12.9. The van der Waals surface area contributed by atoms with Crippen LogP contribution in [0.2, 0.25) is 0 Å². The van der Waals surface area contributed by atoms with Gasteiger partial charge in [0.05, 0.1) is 17.0 Å². The Balaban J connectivity index is 1.37. The van der Waals surface area contributed by atoms with Crippen LogP contribution in [0, 0.1) is 0 Å². The number of oxazole rings is 1. The maximum atomic E-state index is 12.9. The van der Waals surface area contributed by atoms with Crippen molar-refractivity contribution < 1.29 is 17.6 Å². The van der Waals surface area contributed by atoms with Gasteiger partial charge in [0.25, 0.3) is 0 Å². The Hall–Kier alpha value is -2.97. The van der Waals surface area contributed by atoms with Crippen LogP contribution < -0.4 is 5.32 Å². The van der Waals surface area contributed by atoms with Crippen LogP contribution in [0.3, 0.4) is 0 Å². The van der Waals surface area contributed by atoms with Crippen molar-refractivity contribution in [2.75, 3.05) is 12.4 Å². The Bertz CT molecular complexity index is 1150. The second-order valence-electron chi connectivity index (χ2n) is 8.07. The molecule has 1 aliphatic rings. The Kier molecular flexibility index (Phi) is 6.72. The first-order valence-electron chi connectivity index (χ1n) is 10.8. The summed E-state index contributed by atoms with van der Waals surface area (Å²) in [6.45, 7) is 0. The zero-order valence-electron chi connectivity index (χ0n) is 18.0. The normalized spacial score (nSPS) is 15.1. The van der Waals surface area contributed by atoms with Crippen molar-refractivity contribution in [3.8, 4) is 11.5 Å². The van der Waals surface area contributed by atoms with E-state index in [0.29, 0.717) is 17.3 Å². The lowest BCUT2D eigenvalue weighted by molar-refractivity contribution is -0.115. The van der Waals surface area contributed by atoms with Gasteiger partial charge in [-0.3, -0.25) is 4.79 Å². The van der Waals surface area contributed by atoms with E-state index in [2.05, 4.69) is 10.3 Å². The fourth-order valence-electron chi connectivity index (χ4n) is 3.99. The molecular weight excluding hydrogens is 426 g/mol. The monoisotopic (exact) mass is 453 g/mol. The molecule has 0 aliphatic heterocycles. The zero-order chi connectivity index (χ0) is 22.6. The van der Waals surface area contributed by atoms with Crippen molar-refractivity contribution in [1.29, 1.82) is 0 Å². The lowest BCUT2D eigenvalue weighted by atomic mass is 9.96. The van der Waals surface area contributed by atoms with Crippen molar-refractivity contribution >= 4 is 21.6 Å². The Morgan fingerprint density at radius 1 is 1.06 bits per heavy atom. The first-order valence-corrected chi connectivity index (χ1v) is 12.3. The van der Waals surface area contributed by atoms with Gasteiger partial charge in [-0.25, -0.2) is 13.4 Å². The van der Waals surface area contributed by atoms with Crippen LogP contribution in [0.15, 0.2) is 70.2 Å². The number of benzene rings is 2. The molecule has 1 heterocycles. The van der Waals surface area contributed by atoms with Crippen molar-refractivity contribution in [3.05, 3.63) is 66.6 Å². The summed E-state index contributed by atoms with van der Waals surface area (Å²) in [7, 11) is -1.90. The Morgan fingerprint density at radius 3 is 2.44 bits per heavy atom. The minimum atomic E-state index is -3.56. The largest absolute Gasteiger partial charge is 0.444 e. The van der Waals surface area contributed by atoms with E-state index in [-0.39, 0.29) is 23.3 Å². The lowest BCUT2D eigenvalue weighted by Crippen LogP contribution is -2.38. The quantitative estimate of drug-likeness (QED) is 0.570. The number of carbonyl (C=O) groups is 1. The summed E-state index contributed by atoms with van der Waals surface area (Å²) in [5.41, 5.74) is 1.89. The molecule has 7 nitrogen and oxygen atoms in total. The second-order valence-corrected chi connectivity index (χ2v) is 10.1. The third-order valence-corrected chi connectivity index (χ3v) is 7.74. The van der Waals surface area contributed by atoms with Gasteiger partial charge in [0.2, 0.25) is 21.8 Å². The number of aromatic nitrogens is 1. The number of hydrogen-bond acceptors (Lipinski definition) is 5. The summed E-state index contributed by atoms with van der Waals surface area (Å²) in [4.78, 5) is 17.0. The van der Waals surface area contributed by atoms with Gasteiger partial charge in [-0.15, -0.1) is 0 Å². The van der Waals surface area contributed by atoms with E-state index >= 15 is 0 Å². The molecule has 168 valence electrons. The van der Waals surface area contributed by atoms with Crippen LogP contribution in [0.1, 0.15) is 37.8 Å². The maximum Gasteiger partial charge on any atom is 0.243 e. The van der Waals surface area contributed by atoms with Crippen molar-refractivity contribution in [1.82, 2.24) is 9.29 Å². The summed E-state index contributed by atoms with van der Waals surface area (Å²) in [6.07, 6.45) is 6.62. The molecule has 0 saturated heterocycles. The van der Waals surface area contributed by atoms with Gasteiger partial charge in [0.1, 0.15) is 6.26 Å². The summed E-state index contributed by atoms with van der Waals surface area (Å²) >= 11 is 0. The zero-order valence-corrected chi connectivity index (χ0v) is 18.8. The summed E-state index contributed by atoms with van der Waals surface area (Å²) < 4.78 is 32.9. The number of nitrogens with zero attached hydrogens (tertiary/aromatic N) is 2. The number of anilines is 1. The topological polar surface area (TPSA) is 92.5 Å². The summed E-state index contributed by atoms with van der Waals surface area (Å²) in [5, 5.41) is 2.78. The summed E-state index contributed by atoms with van der Waals surface area (Å²) in [6, 6.07) is 15.8. The first kappa shape index (κ1) is 22.2. The molecule has 4 rings (SSSR count). The molecule has 3 aromatic rings. The fraction of sp³-hybridized carbons (Fsp3) is 0.333. The van der Waals surface area contributed by atoms with Gasteiger partial charge < -0.3 is 9.73 Å². The van der Waals surface area contributed by atoms with Crippen molar-refractivity contribution in [2.24, 2.45) is 0 Å². The van der Waals surface area contributed by atoms with E-state index in [4.69, 9.17) is 4.42 Å². The molecule has 0 unspecified atom stereocenters. The standard InChI is InChI=1S/C24H27N3O4S/c1-27(21-10-6-3-7-11-21)32(29,30)22-14-12-19(13-15-22)25-23(28)16-20-17-31-24(26-20)18-8-4-2-5-9-18/h2,4-5,8-9,12-15,17,21H,3,6-7,10-11,16H2,1H3,(H,25,28). The van der Waals surface area contributed by atoms with Crippen LogP contribution in [-0.4, -0.2) is 36.7 Å². The van der Waals surface area contributed by atoms with E-state index in [9.17, 15) is 13.2 Å². The molecule has 1 aromatic heterocycles. The van der Waals surface area contributed by atoms with E-state index in [0.717, 1.165) is 31.2 Å². The number of hydrogen-bond donors (Lipinski definition) is 1. The van der Waals surface area contributed by atoms with Gasteiger partial charge in [0, 0.05) is 24.3 Å². The predicted molar refractivity (Wildman–Crippen MR) is 123 cm³/mol. The SMILES string of the molecule is CN(C1CCCCC1)S(=O)(=O)c1ccc(NC(=O)Cc2coc(-c3ccccc3)n2)cc1. The molecule has 0 spiro atoms. The van der Waals surface area contributed by atoms with E-state index in [1.165, 1.54) is 29.1 Å². The molecule has 0 radical (unpaired) electrons. The Labute approximate surface area is 188 Å². The van der Waals surface area contributed by atoms with Crippen molar-refractivity contribution in [3.63, 3.8) is 0 Å². The lowest BCUT2D eigenvalue weighted by Gasteiger charge is -2.30. The fourth-order valence-corrected chi connectivity index (χ4v) is 5.40. The number of rotatable bonds is 7. The molecule has 8 heteroatoms. The number of carbonyl (C=O) groups excluding carboxylic acids is 1. The van der Waals surface area contributed by atoms with E-state index in [1.807, 2.05) is 30.3 Å². The Morgan fingerprint density at radius 2 is 1.75 bits per heavy atom. The molecule has 1 aliphatic carbocycles. The minimum Gasteiger partial charge on any atom is -0.444 e. The van der Waals surface area contributed by atoms with Gasteiger partial charge in [-0.1, -0.05) is 37.5 Å². The summed E-state index contributed by atoms with van der Waals surface area (Å²) in [5.74, 6) is 0.206. The molecule has 0 atom stereocenters.